The van der Waals surface area contributed by atoms with E-state index in [1.165, 1.54) is 24.4 Å². The summed E-state index contributed by atoms with van der Waals surface area (Å²) in [7, 11) is -3.80. The highest BCUT2D eigenvalue weighted by Gasteiger charge is 2.15. The predicted octanol–water partition coefficient (Wildman–Crippen LogP) is 3.56. The van der Waals surface area contributed by atoms with Crippen molar-refractivity contribution in [2.24, 2.45) is 0 Å². The monoisotopic (exact) mass is 343 g/mol. The summed E-state index contributed by atoms with van der Waals surface area (Å²) in [4.78, 5) is 4.20. The van der Waals surface area contributed by atoms with Crippen molar-refractivity contribution in [3.05, 3.63) is 65.3 Å². The summed E-state index contributed by atoms with van der Waals surface area (Å²) >= 11 is 6.04. The van der Waals surface area contributed by atoms with Crippen molar-refractivity contribution in [1.29, 1.82) is 5.26 Å². The maximum atomic E-state index is 12.4. The van der Waals surface area contributed by atoms with E-state index in [1.807, 2.05) is 6.07 Å². The van der Waals surface area contributed by atoms with Gasteiger partial charge in [0.25, 0.3) is 10.0 Å². The number of pyridine rings is 1. The standard InChI is InChI=1S/C16H10ClN3O2S/c17-15-6-2-4-12-8-13(10-19-16(12)15)20-23(21,22)14-5-1-3-11(7-14)9-18/h1-8,10,20H. The lowest BCUT2D eigenvalue weighted by Gasteiger charge is -2.09. The van der Waals surface area contributed by atoms with Crippen LogP contribution in [0.5, 0.6) is 0 Å². The average Bonchev–Trinajstić information content (AvgIpc) is 2.54. The molecular weight excluding hydrogens is 334 g/mol. The van der Waals surface area contributed by atoms with Gasteiger partial charge in [-0.25, -0.2) is 8.42 Å². The van der Waals surface area contributed by atoms with Gasteiger partial charge in [-0.3, -0.25) is 9.71 Å². The summed E-state index contributed by atoms with van der Waals surface area (Å²) in [5.41, 5.74) is 1.20. The number of hydrogen-bond donors (Lipinski definition) is 1. The van der Waals surface area contributed by atoms with E-state index in [2.05, 4.69) is 9.71 Å². The third-order valence-electron chi connectivity index (χ3n) is 3.19. The Morgan fingerprint density at radius 2 is 1.91 bits per heavy atom. The number of hydrogen-bond acceptors (Lipinski definition) is 4. The number of para-hydroxylation sites is 1. The number of nitrogens with zero attached hydrogens (tertiary/aromatic N) is 2. The zero-order valence-electron chi connectivity index (χ0n) is 11.7. The van der Waals surface area contributed by atoms with Crippen LogP contribution in [0, 0.1) is 11.3 Å². The van der Waals surface area contributed by atoms with Gasteiger partial charge in [0.1, 0.15) is 0 Å². The number of aromatic nitrogens is 1. The van der Waals surface area contributed by atoms with Gasteiger partial charge < -0.3 is 0 Å². The Balaban J connectivity index is 1.99. The molecule has 0 unspecified atom stereocenters. The molecule has 1 N–H and O–H groups in total. The molecule has 0 aliphatic carbocycles. The number of halogens is 1. The van der Waals surface area contributed by atoms with E-state index in [0.29, 0.717) is 16.2 Å². The number of nitrogens with one attached hydrogen (secondary N) is 1. The van der Waals surface area contributed by atoms with Crippen molar-refractivity contribution >= 4 is 38.2 Å². The average molecular weight is 344 g/mol. The molecule has 0 atom stereocenters. The van der Waals surface area contributed by atoms with Gasteiger partial charge in [-0.2, -0.15) is 5.26 Å². The van der Waals surface area contributed by atoms with Crippen molar-refractivity contribution in [3.8, 4) is 6.07 Å². The van der Waals surface area contributed by atoms with Gasteiger partial charge in [0.15, 0.2) is 0 Å². The van der Waals surface area contributed by atoms with Crippen LogP contribution in [0.2, 0.25) is 5.02 Å². The van der Waals surface area contributed by atoms with E-state index in [9.17, 15) is 8.42 Å². The first-order valence-corrected chi connectivity index (χ1v) is 8.43. The van der Waals surface area contributed by atoms with Gasteiger partial charge in [-0.05, 0) is 30.3 Å². The summed E-state index contributed by atoms with van der Waals surface area (Å²) in [6.45, 7) is 0. The zero-order valence-corrected chi connectivity index (χ0v) is 13.3. The quantitative estimate of drug-likeness (QED) is 0.788. The molecule has 0 spiro atoms. The van der Waals surface area contributed by atoms with Gasteiger partial charge in [-0.15, -0.1) is 0 Å². The summed E-state index contributed by atoms with van der Waals surface area (Å²) in [6, 6.07) is 14.6. The second kappa shape index (κ2) is 5.88. The minimum atomic E-state index is -3.80. The molecule has 0 radical (unpaired) electrons. The maximum Gasteiger partial charge on any atom is 0.261 e. The van der Waals surface area contributed by atoms with Crippen LogP contribution in [-0.4, -0.2) is 13.4 Å². The summed E-state index contributed by atoms with van der Waals surface area (Å²) < 4.78 is 27.3. The van der Waals surface area contributed by atoms with Crippen molar-refractivity contribution < 1.29 is 8.42 Å². The Labute approximate surface area is 138 Å². The van der Waals surface area contributed by atoms with E-state index >= 15 is 0 Å². The van der Waals surface area contributed by atoms with Crippen molar-refractivity contribution in [2.45, 2.75) is 4.90 Å². The Kier molecular flexibility index (Phi) is 3.90. The highest BCUT2D eigenvalue weighted by Crippen LogP contribution is 2.24. The number of benzene rings is 2. The van der Waals surface area contributed by atoms with Crippen LogP contribution in [0.1, 0.15) is 5.56 Å². The third kappa shape index (κ3) is 3.11. The second-order valence-electron chi connectivity index (χ2n) is 4.78. The molecule has 0 amide bonds. The zero-order chi connectivity index (χ0) is 16.4. The molecule has 114 valence electrons. The van der Waals surface area contributed by atoms with E-state index in [-0.39, 0.29) is 10.5 Å². The van der Waals surface area contributed by atoms with E-state index in [0.717, 1.165) is 5.39 Å². The lowest BCUT2D eigenvalue weighted by atomic mass is 10.2. The van der Waals surface area contributed by atoms with Gasteiger partial charge in [0, 0.05) is 5.39 Å². The first-order valence-electron chi connectivity index (χ1n) is 6.57. The molecule has 0 aliphatic heterocycles. The van der Waals surface area contributed by atoms with Crippen LogP contribution in [0.15, 0.2) is 59.6 Å². The molecule has 1 aromatic heterocycles. The molecule has 0 aliphatic rings. The van der Waals surface area contributed by atoms with Crippen LogP contribution in [0.3, 0.4) is 0 Å². The van der Waals surface area contributed by atoms with E-state index in [4.69, 9.17) is 16.9 Å². The fourth-order valence-corrected chi connectivity index (χ4v) is 3.44. The molecule has 3 rings (SSSR count). The van der Waals surface area contributed by atoms with Crippen molar-refractivity contribution in [2.75, 3.05) is 4.72 Å². The molecule has 0 saturated carbocycles. The highest BCUT2D eigenvalue weighted by molar-refractivity contribution is 7.92. The molecule has 3 aromatic rings. The molecule has 1 heterocycles. The number of anilines is 1. The minimum absolute atomic E-state index is 0.0164. The fourth-order valence-electron chi connectivity index (χ4n) is 2.13. The molecular formula is C16H10ClN3O2S. The molecule has 2 aromatic carbocycles. The second-order valence-corrected chi connectivity index (χ2v) is 6.87. The molecule has 0 bridgehead atoms. The normalized spacial score (nSPS) is 11.1. The van der Waals surface area contributed by atoms with Crippen LogP contribution >= 0.6 is 11.6 Å². The lowest BCUT2D eigenvalue weighted by Crippen LogP contribution is -2.13. The molecule has 0 saturated heterocycles. The van der Waals surface area contributed by atoms with Crippen LogP contribution in [0.4, 0.5) is 5.69 Å². The maximum absolute atomic E-state index is 12.4. The number of sulfonamides is 1. The summed E-state index contributed by atoms with van der Waals surface area (Å²) in [6.07, 6.45) is 1.40. The van der Waals surface area contributed by atoms with Crippen LogP contribution in [-0.2, 0) is 10.0 Å². The van der Waals surface area contributed by atoms with E-state index < -0.39 is 10.0 Å². The molecule has 0 fully saturated rings. The topological polar surface area (TPSA) is 82.8 Å². The van der Waals surface area contributed by atoms with Gasteiger partial charge in [0.2, 0.25) is 0 Å². The first-order chi connectivity index (χ1) is 11.0. The fraction of sp³-hybridized carbons (Fsp3) is 0. The highest BCUT2D eigenvalue weighted by atomic mass is 35.5. The molecule has 7 heteroatoms. The third-order valence-corrected chi connectivity index (χ3v) is 4.87. The smallest absolute Gasteiger partial charge is 0.261 e. The molecule has 23 heavy (non-hydrogen) atoms. The Hall–Kier alpha value is -2.62. The SMILES string of the molecule is N#Cc1cccc(S(=O)(=O)Nc2cnc3c(Cl)cccc3c2)c1. The summed E-state index contributed by atoms with van der Waals surface area (Å²) in [5.74, 6) is 0. The largest absolute Gasteiger partial charge is 0.278 e. The van der Waals surface area contributed by atoms with Crippen LogP contribution in [0.25, 0.3) is 10.9 Å². The minimum Gasteiger partial charge on any atom is -0.278 e. The summed E-state index contributed by atoms with van der Waals surface area (Å²) in [5, 5.41) is 10.1. The number of fused-ring (bicyclic) bond motifs is 1. The van der Waals surface area contributed by atoms with Gasteiger partial charge in [-0.1, -0.05) is 29.8 Å². The molecule has 5 nitrogen and oxygen atoms in total. The number of nitriles is 1. The van der Waals surface area contributed by atoms with E-state index in [1.54, 1.807) is 30.3 Å². The van der Waals surface area contributed by atoms with Crippen molar-refractivity contribution in [3.63, 3.8) is 0 Å². The van der Waals surface area contributed by atoms with Crippen LogP contribution < -0.4 is 4.72 Å². The Morgan fingerprint density at radius 1 is 1.13 bits per heavy atom. The van der Waals surface area contributed by atoms with Crippen molar-refractivity contribution in [1.82, 2.24) is 4.98 Å². The lowest BCUT2D eigenvalue weighted by molar-refractivity contribution is 0.601. The Bertz CT molecular complexity index is 1040. The first kappa shape index (κ1) is 15.3. The Morgan fingerprint density at radius 3 is 2.70 bits per heavy atom. The number of rotatable bonds is 3. The predicted molar refractivity (Wildman–Crippen MR) is 88.7 cm³/mol. The van der Waals surface area contributed by atoms with Gasteiger partial charge in [0.05, 0.1) is 39.0 Å². The van der Waals surface area contributed by atoms with Gasteiger partial charge >= 0.3 is 0 Å².